The molecule has 1 fully saturated rings. The number of amides is 4. The highest BCUT2D eigenvalue weighted by Gasteiger charge is 2.34. The van der Waals surface area contributed by atoms with Gasteiger partial charge < -0.3 is 15.4 Å². The highest BCUT2D eigenvalue weighted by atomic mass is 35.5. The third-order valence-electron chi connectivity index (χ3n) is 4.74. The number of nitrogens with one attached hydrogen (secondary N) is 2. The Morgan fingerprint density at radius 1 is 1.26 bits per heavy atom. The lowest BCUT2D eigenvalue weighted by Crippen LogP contribution is -2.38. The van der Waals surface area contributed by atoms with E-state index in [0.29, 0.717) is 22.0 Å². The van der Waals surface area contributed by atoms with E-state index in [2.05, 4.69) is 10.6 Å². The lowest BCUT2D eigenvalue weighted by Gasteiger charge is -2.14. The van der Waals surface area contributed by atoms with Crippen LogP contribution >= 0.6 is 11.6 Å². The molecule has 7 nitrogen and oxygen atoms in total. The summed E-state index contributed by atoms with van der Waals surface area (Å²) in [6.45, 7) is 5.47. The van der Waals surface area contributed by atoms with Gasteiger partial charge in [-0.05, 0) is 61.7 Å². The van der Waals surface area contributed by atoms with Gasteiger partial charge in [0.1, 0.15) is 18.0 Å². The van der Waals surface area contributed by atoms with Crippen molar-refractivity contribution in [1.29, 1.82) is 0 Å². The van der Waals surface area contributed by atoms with E-state index in [0.717, 1.165) is 16.9 Å². The molecule has 3 rings (SSSR count). The van der Waals surface area contributed by atoms with E-state index < -0.39 is 24.4 Å². The average Bonchev–Trinajstić information content (AvgIpc) is 2.97. The number of anilines is 1. The highest BCUT2D eigenvalue weighted by Crippen LogP contribution is 2.28. The molecule has 0 saturated carbocycles. The molecule has 162 valence electrons. The zero-order chi connectivity index (χ0) is 22.5. The molecule has 8 heteroatoms. The van der Waals surface area contributed by atoms with Crippen LogP contribution in [0.5, 0.6) is 5.75 Å². The Bertz CT molecular complexity index is 1050. The van der Waals surface area contributed by atoms with Gasteiger partial charge in [-0.25, -0.2) is 9.69 Å². The summed E-state index contributed by atoms with van der Waals surface area (Å²) in [5, 5.41) is 5.59. The smallest absolute Gasteiger partial charge is 0.329 e. The van der Waals surface area contributed by atoms with Crippen LogP contribution in [0.3, 0.4) is 0 Å². The lowest BCUT2D eigenvalue weighted by atomic mass is 10.1. The minimum Gasteiger partial charge on any atom is -0.489 e. The molecule has 0 aromatic heterocycles. The monoisotopic (exact) mass is 441 g/mol. The van der Waals surface area contributed by atoms with Gasteiger partial charge in [-0.15, -0.1) is 0 Å². The molecular weight excluding hydrogens is 418 g/mol. The Kier molecular flexibility index (Phi) is 6.97. The Labute approximate surface area is 186 Å². The molecule has 0 spiro atoms. The largest absolute Gasteiger partial charge is 0.489 e. The maximum absolute atomic E-state index is 12.6. The minimum atomic E-state index is -0.654. The summed E-state index contributed by atoms with van der Waals surface area (Å²) in [5.74, 6) is -0.500. The molecule has 1 saturated heterocycles. The number of hydrogen-bond acceptors (Lipinski definition) is 4. The van der Waals surface area contributed by atoms with E-state index >= 15 is 0 Å². The van der Waals surface area contributed by atoms with E-state index in [1.54, 1.807) is 30.3 Å². The van der Waals surface area contributed by atoms with Crippen LogP contribution in [-0.4, -0.2) is 35.4 Å². The van der Waals surface area contributed by atoms with Crippen molar-refractivity contribution in [3.63, 3.8) is 0 Å². The molecule has 0 aliphatic carbocycles. The van der Waals surface area contributed by atoms with Crippen LogP contribution < -0.4 is 15.4 Å². The summed E-state index contributed by atoms with van der Waals surface area (Å²) < 4.78 is 5.73. The number of carbonyl (C=O) groups excluding carboxylic acids is 3. The van der Waals surface area contributed by atoms with Crippen LogP contribution in [0.4, 0.5) is 10.5 Å². The predicted molar refractivity (Wildman–Crippen MR) is 120 cm³/mol. The summed E-state index contributed by atoms with van der Waals surface area (Å²) in [7, 11) is 0. The molecule has 31 heavy (non-hydrogen) atoms. The Hall–Kier alpha value is -3.32. The van der Waals surface area contributed by atoms with Crippen molar-refractivity contribution in [1.82, 2.24) is 10.2 Å². The van der Waals surface area contributed by atoms with Crippen molar-refractivity contribution >= 4 is 41.2 Å². The number of imide groups is 1. The van der Waals surface area contributed by atoms with E-state index in [-0.39, 0.29) is 11.8 Å². The number of aryl methyl sites for hydroxylation is 1. The van der Waals surface area contributed by atoms with Gasteiger partial charge in [0.15, 0.2) is 0 Å². The quantitative estimate of drug-likeness (QED) is 0.493. The number of nitrogens with zero attached hydrogens (tertiary/aromatic N) is 1. The van der Waals surface area contributed by atoms with Gasteiger partial charge in [-0.1, -0.05) is 36.7 Å². The summed E-state index contributed by atoms with van der Waals surface area (Å²) >= 11 is 6.28. The molecule has 1 heterocycles. The van der Waals surface area contributed by atoms with Crippen LogP contribution in [0.25, 0.3) is 6.08 Å². The Morgan fingerprint density at radius 3 is 2.71 bits per heavy atom. The lowest BCUT2D eigenvalue weighted by molar-refractivity contribution is -0.127. The van der Waals surface area contributed by atoms with E-state index in [9.17, 15) is 14.4 Å². The standard InChI is InChI=1S/C23H24ClN3O4/c1-4-15(3)31-20-9-8-16(11-18(20)24)12-19-22(29)27(23(30)26-19)13-21(28)25-17-7-5-6-14(2)10-17/h5-12,15H,4,13H2,1-3H3,(H,25,28)(H,26,30). The molecule has 1 atom stereocenters. The van der Waals surface area contributed by atoms with Gasteiger partial charge in [0.05, 0.1) is 11.1 Å². The first-order valence-corrected chi connectivity index (χ1v) is 10.3. The number of ether oxygens (including phenoxy) is 1. The summed E-state index contributed by atoms with van der Waals surface area (Å²) in [5.41, 5.74) is 2.27. The molecule has 2 aromatic rings. The van der Waals surface area contributed by atoms with E-state index in [4.69, 9.17) is 16.3 Å². The van der Waals surface area contributed by atoms with Crippen LogP contribution in [0.1, 0.15) is 31.4 Å². The maximum Gasteiger partial charge on any atom is 0.329 e. The molecule has 0 radical (unpaired) electrons. The van der Waals surface area contributed by atoms with Crippen LogP contribution in [-0.2, 0) is 9.59 Å². The number of hydrogen-bond donors (Lipinski definition) is 2. The SMILES string of the molecule is CCC(C)Oc1ccc(C=C2NC(=O)N(CC(=O)Nc3cccc(C)c3)C2=O)cc1Cl. The number of benzene rings is 2. The third kappa shape index (κ3) is 5.64. The number of rotatable bonds is 7. The fourth-order valence-electron chi connectivity index (χ4n) is 2.95. The summed E-state index contributed by atoms with van der Waals surface area (Å²) in [6, 6.07) is 11.7. The second kappa shape index (κ2) is 9.66. The second-order valence-electron chi connectivity index (χ2n) is 7.32. The van der Waals surface area contributed by atoms with Crippen molar-refractivity contribution in [2.45, 2.75) is 33.3 Å². The predicted octanol–water partition coefficient (Wildman–Crippen LogP) is 4.36. The average molecular weight is 442 g/mol. The van der Waals surface area contributed by atoms with Gasteiger partial charge in [0, 0.05) is 5.69 Å². The van der Waals surface area contributed by atoms with Crippen molar-refractivity contribution in [3.8, 4) is 5.75 Å². The van der Waals surface area contributed by atoms with Gasteiger partial charge in [-0.3, -0.25) is 9.59 Å². The first kappa shape index (κ1) is 22.4. The zero-order valence-electron chi connectivity index (χ0n) is 17.6. The molecule has 2 aromatic carbocycles. The molecule has 1 aliphatic rings. The van der Waals surface area contributed by atoms with Gasteiger partial charge in [0.25, 0.3) is 5.91 Å². The van der Waals surface area contributed by atoms with Gasteiger partial charge in [0.2, 0.25) is 5.91 Å². The first-order chi connectivity index (χ1) is 14.8. The Balaban J connectivity index is 1.68. The van der Waals surface area contributed by atoms with Gasteiger partial charge >= 0.3 is 6.03 Å². The molecule has 4 amide bonds. The second-order valence-corrected chi connectivity index (χ2v) is 7.73. The fraction of sp³-hybridized carbons (Fsp3) is 0.261. The maximum atomic E-state index is 12.6. The zero-order valence-corrected chi connectivity index (χ0v) is 18.3. The van der Waals surface area contributed by atoms with Crippen molar-refractivity contribution < 1.29 is 19.1 Å². The minimum absolute atomic E-state index is 0.0249. The molecule has 1 unspecified atom stereocenters. The topological polar surface area (TPSA) is 87.7 Å². The number of halogens is 1. The summed E-state index contributed by atoms with van der Waals surface area (Å²) in [4.78, 5) is 38.0. The van der Waals surface area contributed by atoms with E-state index in [1.807, 2.05) is 32.9 Å². The number of urea groups is 1. The molecule has 1 aliphatic heterocycles. The van der Waals surface area contributed by atoms with Crippen LogP contribution in [0.2, 0.25) is 5.02 Å². The summed E-state index contributed by atoms with van der Waals surface area (Å²) in [6.07, 6.45) is 2.38. The van der Waals surface area contributed by atoms with Crippen LogP contribution in [0.15, 0.2) is 48.2 Å². The van der Waals surface area contributed by atoms with Crippen molar-refractivity contribution in [2.75, 3.05) is 11.9 Å². The van der Waals surface area contributed by atoms with Crippen molar-refractivity contribution in [3.05, 3.63) is 64.3 Å². The molecular formula is C23H24ClN3O4. The van der Waals surface area contributed by atoms with Crippen molar-refractivity contribution in [2.24, 2.45) is 0 Å². The highest BCUT2D eigenvalue weighted by molar-refractivity contribution is 6.32. The normalized spacial score (nSPS) is 15.7. The Morgan fingerprint density at radius 2 is 2.03 bits per heavy atom. The molecule has 0 bridgehead atoms. The number of carbonyl (C=O) groups is 3. The van der Waals surface area contributed by atoms with Crippen LogP contribution in [0, 0.1) is 6.92 Å². The fourth-order valence-corrected chi connectivity index (χ4v) is 3.18. The van der Waals surface area contributed by atoms with E-state index in [1.165, 1.54) is 6.08 Å². The first-order valence-electron chi connectivity index (χ1n) is 9.94. The van der Waals surface area contributed by atoms with Gasteiger partial charge in [-0.2, -0.15) is 0 Å². The molecule has 2 N–H and O–H groups in total. The third-order valence-corrected chi connectivity index (χ3v) is 5.03.